The van der Waals surface area contributed by atoms with E-state index in [9.17, 15) is 9.59 Å². The highest BCUT2D eigenvalue weighted by atomic mass is 16.2. The van der Waals surface area contributed by atoms with Crippen molar-refractivity contribution >= 4 is 17.6 Å². The van der Waals surface area contributed by atoms with Crippen LogP contribution in [0.4, 0.5) is 5.82 Å². The highest BCUT2D eigenvalue weighted by Crippen LogP contribution is 2.19. The maximum atomic E-state index is 12.8. The van der Waals surface area contributed by atoms with Crippen LogP contribution >= 0.6 is 0 Å². The molecule has 144 valence electrons. The standard InChI is InChI=1S/C19H31N5O2/c1-12(2)17(21-15(6)25)19(26)24-9-7-23(8-10-24)16-11-14(5)20-18(22-16)13(3)4/h11-13,17H,7-10H2,1-6H3,(H,21,25)/t17-/m0/s1. The molecule has 7 nitrogen and oxygen atoms in total. The van der Waals surface area contributed by atoms with Crippen LogP contribution in [0.25, 0.3) is 0 Å². The molecule has 2 amide bonds. The highest BCUT2D eigenvalue weighted by Gasteiger charge is 2.30. The van der Waals surface area contributed by atoms with Gasteiger partial charge in [0.1, 0.15) is 17.7 Å². The van der Waals surface area contributed by atoms with Crippen LogP contribution in [-0.2, 0) is 9.59 Å². The maximum absolute atomic E-state index is 12.8. The molecular formula is C19H31N5O2. The van der Waals surface area contributed by atoms with E-state index in [2.05, 4.69) is 34.0 Å². The molecule has 1 aliphatic rings. The summed E-state index contributed by atoms with van der Waals surface area (Å²) in [6.07, 6.45) is 0. The Kier molecular flexibility index (Phi) is 6.56. The van der Waals surface area contributed by atoms with Crippen molar-refractivity contribution in [2.45, 2.75) is 53.5 Å². The molecule has 0 spiro atoms. The minimum atomic E-state index is -0.465. The van der Waals surface area contributed by atoms with E-state index >= 15 is 0 Å². The molecule has 0 aromatic carbocycles. The van der Waals surface area contributed by atoms with Crippen LogP contribution in [0, 0.1) is 12.8 Å². The SMILES string of the molecule is CC(=O)N[C@H](C(=O)N1CCN(c2cc(C)nc(C(C)C)n2)CC1)C(C)C. The Balaban J connectivity index is 2.04. The van der Waals surface area contributed by atoms with Gasteiger partial charge in [0.05, 0.1) is 0 Å². The summed E-state index contributed by atoms with van der Waals surface area (Å²) < 4.78 is 0. The summed E-state index contributed by atoms with van der Waals surface area (Å²) in [6.45, 7) is 14.2. The van der Waals surface area contributed by atoms with E-state index in [0.29, 0.717) is 13.1 Å². The van der Waals surface area contributed by atoms with E-state index in [-0.39, 0.29) is 23.7 Å². The van der Waals surface area contributed by atoms with Crippen molar-refractivity contribution < 1.29 is 9.59 Å². The monoisotopic (exact) mass is 361 g/mol. The van der Waals surface area contributed by atoms with Crippen molar-refractivity contribution in [1.29, 1.82) is 0 Å². The molecule has 7 heteroatoms. The fraction of sp³-hybridized carbons (Fsp3) is 0.684. The number of anilines is 1. The third-order valence-corrected chi connectivity index (χ3v) is 4.58. The molecule has 26 heavy (non-hydrogen) atoms. The Labute approximate surface area is 156 Å². The molecule has 1 aliphatic heterocycles. The van der Waals surface area contributed by atoms with Gasteiger partial charge in [0.15, 0.2) is 0 Å². The molecular weight excluding hydrogens is 330 g/mol. The summed E-state index contributed by atoms with van der Waals surface area (Å²) in [6, 6.07) is 1.53. The lowest BCUT2D eigenvalue weighted by atomic mass is 10.0. The summed E-state index contributed by atoms with van der Waals surface area (Å²) in [7, 11) is 0. The largest absolute Gasteiger partial charge is 0.353 e. The van der Waals surface area contributed by atoms with Gasteiger partial charge < -0.3 is 15.1 Å². The number of aryl methyl sites for hydroxylation is 1. The number of hydrogen-bond donors (Lipinski definition) is 1. The molecule has 1 N–H and O–H groups in total. The number of nitrogens with one attached hydrogen (secondary N) is 1. The lowest BCUT2D eigenvalue weighted by Gasteiger charge is -2.38. The van der Waals surface area contributed by atoms with Gasteiger partial charge in [-0.3, -0.25) is 9.59 Å². The fourth-order valence-electron chi connectivity index (χ4n) is 3.08. The molecule has 1 fully saturated rings. The smallest absolute Gasteiger partial charge is 0.245 e. The third-order valence-electron chi connectivity index (χ3n) is 4.58. The van der Waals surface area contributed by atoms with Crippen LogP contribution in [0.3, 0.4) is 0 Å². The van der Waals surface area contributed by atoms with Gasteiger partial charge in [-0.1, -0.05) is 27.7 Å². The van der Waals surface area contributed by atoms with Crippen LogP contribution in [-0.4, -0.2) is 58.9 Å². The topological polar surface area (TPSA) is 78.4 Å². The fourth-order valence-corrected chi connectivity index (χ4v) is 3.08. The molecule has 0 radical (unpaired) electrons. The number of carbonyl (C=O) groups is 2. The van der Waals surface area contributed by atoms with Gasteiger partial charge >= 0.3 is 0 Å². The molecule has 1 aromatic rings. The Morgan fingerprint density at radius 2 is 1.69 bits per heavy atom. The molecule has 0 unspecified atom stereocenters. The van der Waals surface area contributed by atoms with Crippen LogP contribution in [0.15, 0.2) is 6.07 Å². The van der Waals surface area contributed by atoms with Gasteiger partial charge in [0.25, 0.3) is 0 Å². The van der Waals surface area contributed by atoms with E-state index in [4.69, 9.17) is 0 Å². The zero-order valence-corrected chi connectivity index (χ0v) is 16.7. The maximum Gasteiger partial charge on any atom is 0.245 e. The Bertz CT molecular complexity index is 651. The second-order valence-corrected chi connectivity index (χ2v) is 7.61. The molecule has 0 saturated carbocycles. The van der Waals surface area contributed by atoms with Crippen molar-refractivity contribution in [2.24, 2.45) is 5.92 Å². The van der Waals surface area contributed by atoms with Gasteiger partial charge in [0, 0.05) is 50.8 Å². The van der Waals surface area contributed by atoms with Gasteiger partial charge in [-0.15, -0.1) is 0 Å². The second-order valence-electron chi connectivity index (χ2n) is 7.61. The van der Waals surface area contributed by atoms with Crippen molar-refractivity contribution in [1.82, 2.24) is 20.2 Å². The molecule has 1 aromatic heterocycles. The average Bonchev–Trinajstić information content (AvgIpc) is 2.58. The number of hydrogen-bond acceptors (Lipinski definition) is 5. The Hall–Kier alpha value is -2.18. The molecule has 2 heterocycles. The lowest BCUT2D eigenvalue weighted by molar-refractivity contribution is -0.137. The third kappa shape index (κ3) is 4.93. The van der Waals surface area contributed by atoms with Crippen LogP contribution in [0.2, 0.25) is 0 Å². The predicted molar refractivity (Wildman–Crippen MR) is 102 cm³/mol. The second kappa shape index (κ2) is 8.47. The van der Waals surface area contributed by atoms with Gasteiger partial charge in [0.2, 0.25) is 11.8 Å². The van der Waals surface area contributed by atoms with Crippen molar-refractivity contribution in [3.8, 4) is 0 Å². The first-order chi connectivity index (χ1) is 12.2. The van der Waals surface area contributed by atoms with E-state index in [1.807, 2.05) is 31.7 Å². The zero-order chi connectivity index (χ0) is 19.4. The number of amides is 2. The predicted octanol–water partition coefficient (Wildman–Crippen LogP) is 1.72. The van der Waals surface area contributed by atoms with E-state index in [1.54, 1.807) is 0 Å². The quantitative estimate of drug-likeness (QED) is 0.864. The lowest BCUT2D eigenvalue weighted by Crippen LogP contribution is -2.56. The van der Waals surface area contributed by atoms with Crippen LogP contribution in [0.5, 0.6) is 0 Å². The van der Waals surface area contributed by atoms with E-state index in [1.165, 1.54) is 6.92 Å². The number of carbonyl (C=O) groups excluding carboxylic acids is 2. The molecule has 0 aliphatic carbocycles. The number of nitrogens with zero attached hydrogens (tertiary/aromatic N) is 4. The van der Waals surface area contributed by atoms with E-state index in [0.717, 1.165) is 30.4 Å². The summed E-state index contributed by atoms with van der Waals surface area (Å²) in [5.41, 5.74) is 0.961. The minimum absolute atomic E-state index is 0.00316. The Morgan fingerprint density at radius 1 is 1.08 bits per heavy atom. The molecule has 2 rings (SSSR count). The van der Waals surface area contributed by atoms with Crippen molar-refractivity contribution in [3.63, 3.8) is 0 Å². The number of aromatic nitrogens is 2. The van der Waals surface area contributed by atoms with Crippen LogP contribution in [0.1, 0.15) is 52.1 Å². The first kappa shape index (κ1) is 20.1. The van der Waals surface area contributed by atoms with Gasteiger partial charge in [-0.2, -0.15) is 0 Å². The normalized spacial score (nSPS) is 16.2. The average molecular weight is 361 g/mol. The molecule has 0 bridgehead atoms. The zero-order valence-electron chi connectivity index (χ0n) is 16.7. The summed E-state index contributed by atoms with van der Waals surface area (Å²) in [4.78, 5) is 37.4. The summed E-state index contributed by atoms with van der Waals surface area (Å²) in [5.74, 6) is 1.94. The summed E-state index contributed by atoms with van der Waals surface area (Å²) in [5, 5.41) is 2.78. The van der Waals surface area contributed by atoms with Crippen molar-refractivity contribution in [3.05, 3.63) is 17.6 Å². The first-order valence-electron chi connectivity index (χ1n) is 9.35. The van der Waals surface area contributed by atoms with E-state index < -0.39 is 6.04 Å². The Morgan fingerprint density at radius 3 is 2.19 bits per heavy atom. The number of piperazine rings is 1. The minimum Gasteiger partial charge on any atom is -0.353 e. The van der Waals surface area contributed by atoms with Gasteiger partial charge in [-0.05, 0) is 12.8 Å². The summed E-state index contributed by atoms with van der Waals surface area (Å²) >= 11 is 0. The van der Waals surface area contributed by atoms with Gasteiger partial charge in [-0.25, -0.2) is 9.97 Å². The number of rotatable bonds is 5. The van der Waals surface area contributed by atoms with Crippen molar-refractivity contribution in [2.75, 3.05) is 31.1 Å². The molecule has 1 saturated heterocycles. The first-order valence-corrected chi connectivity index (χ1v) is 9.35. The highest BCUT2D eigenvalue weighted by molar-refractivity contribution is 5.87. The molecule has 1 atom stereocenters. The van der Waals surface area contributed by atoms with Crippen LogP contribution < -0.4 is 10.2 Å².